The maximum atomic E-state index is 12.8. The molecule has 7 heteroatoms. The number of amides is 2. The molecular formula is C21H26N6O. The molecule has 2 aromatic heterocycles. The first-order chi connectivity index (χ1) is 13.8. The first kappa shape index (κ1) is 18.3. The first-order valence-electron chi connectivity index (χ1n) is 9.91. The molecule has 1 atom stereocenters. The van der Waals surface area contributed by atoms with Crippen molar-refractivity contribution in [2.75, 3.05) is 5.32 Å². The molecule has 28 heavy (non-hydrogen) atoms. The van der Waals surface area contributed by atoms with E-state index in [-0.39, 0.29) is 12.1 Å². The van der Waals surface area contributed by atoms with Crippen LogP contribution < -0.4 is 10.6 Å². The third-order valence-electron chi connectivity index (χ3n) is 5.29. The molecule has 1 aliphatic rings. The lowest BCUT2D eigenvalue weighted by molar-refractivity contribution is 0.246. The molecule has 1 fully saturated rings. The Morgan fingerprint density at radius 1 is 1.11 bits per heavy atom. The van der Waals surface area contributed by atoms with Crippen LogP contribution in [-0.4, -0.2) is 25.4 Å². The van der Waals surface area contributed by atoms with Crippen LogP contribution in [0.2, 0.25) is 0 Å². The predicted octanol–water partition coefficient (Wildman–Crippen LogP) is 4.15. The van der Waals surface area contributed by atoms with Crippen LogP contribution in [0.15, 0.2) is 61.3 Å². The predicted molar refractivity (Wildman–Crippen MR) is 108 cm³/mol. The molecule has 0 spiro atoms. The molecule has 1 aromatic carbocycles. The molecule has 2 N–H and O–H groups in total. The van der Waals surface area contributed by atoms with Crippen molar-refractivity contribution in [3.05, 3.63) is 66.9 Å². The van der Waals surface area contributed by atoms with E-state index in [1.165, 1.54) is 19.3 Å². The van der Waals surface area contributed by atoms with Crippen LogP contribution in [0.25, 0.3) is 0 Å². The van der Waals surface area contributed by atoms with E-state index in [4.69, 9.17) is 0 Å². The molecule has 3 aromatic rings. The van der Waals surface area contributed by atoms with Gasteiger partial charge in [-0.2, -0.15) is 5.10 Å². The number of hydrogen-bond acceptors (Lipinski definition) is 3. The maximum Gasteiger partial charge on any atom is 0.320 e. The SMILES string of the molecule is O=C(Nc1ccnn1C1CCCCC1)N[C@H](Cn1ccnc1)c1ccccc1. The van der Waals surface area contributed by atoms with E-state index >= 15 is 0 Å². The van der Waals surface area contributed by atoms with Gasteiger partial charge in [0.05, 0.1) is 24.6 Å². The largest absolute Gasteiger partial charge is 0.335 e. The molecule has 0 aliphatic heterocycles. The van der Waals surface area contributed by atoms with E-state index in [0.717, 1.165) is 24.2 Å². The van der Waals surface area contributed by atoms with E-state index in [0.29, 0.717) is 12.6 Å². The van der Waals surface area contributed by atoms with Crippen LogP contribution in [0.1, 0.15) is 49.8 Å². The molecule has 2 amide bonds. The second kappa shape index (κ2) is 8.73. The van der Waals surface area contributed by atoms with Gasteiger partial charge in [0.1, 0.15) is 5.82 Å². The summed E-state index contributed by atoms with van der Waals surface area (Å²) in [7, 11) is 0. The van der Waals surface area contributed by atoms with E-state index < -0.39 is 0 Å². The molecule has 7 nitrogen and oxygen atoms in total. The van der Waals surface area contributed by atoms with Gasteiger partial charge >= 0.3 is 6.03 Å². The normalized spacial score (nSPS) is 15.9. The van der Waals surface area contributed by atoms with Crippen molar-refractivity contribution < 1.29 is 4.79 Å². The molecular weight excluding hydrogens is 352 g/mol. The molecule has 1 aliphatic carbocycles. The average Bonchev–Trinajstić information content (AvgIpc) is 3.41. The van der Waals surface area contributed by atoms with Crippen LogP contribution in [0.4, 0.5) is 10.6 Å². The molecule has 0 bridgehead atoms. The summed E-state index contributed by atoms with van der Waals surface area (Å²) in [6, 6.07) is 11.8. The van der Waals surface area contributed by atoms with Crippen LogP contribution in [0, 0.1) is 0 Å². The summed E-state index contributed by atoms with van der Waals surface area (Å²) in [5, 5.41) is 10.5. The third-order valence-corrected chi connectivity index (χ3v) is 5.29. The Kier molecular flexibility index (Phi) is 5.70. The number of carbonyl (C=O) groups is 1. The minimum Gasteiger partial charge on any atom is -0.335 e. The summed E-state index contributed by atoms with van der Waals surface area (Å²) >= 11 is 0. The summed E-state index contributed by atoms with van der Waals surface area (Å²) in [5.41, 5.74) is 1.05. The lowest BCUT2D eigenvalue weighted by Crippen LogP contribution is -2.35. The van der Waals surface area contributed by atoms with Crippen molar-refractivity contribution in [2.24, 2.45) is 0 Å². The number of carbonyl (C=O) groups excluding carboxylic acids is 1. The Bertz CT molecular complexity index is 867. The number of benzene rings is 1. The van der Waals surface area contributed by atoms with Gasteiger partial charge in [0, 0.05) is 25.0 Å². The van der Waals surface area contributed by atoms with E-state index in [9.17, 15) is 4.79 Å². The first-order valence-corrected chi connectivity index (χ1v) is 9.91. The monoisotopic (exact) mass is 378 g/mol. The number of rotatable bonds is 6. The lowest BCUT2D eigenvalue weighted by Gasteiger charge is -2.24. The van der Waals surface area contributed by atoms with Gasteiger partial charge < -0.3 is 9.88 Å². The van der Waals surface area contributed by atoms with E-state index in [2.05, 4.69) is 20.7 Å². The van der Waals surface area contributed by atoms with Gasteiger partial charge in [-0.15, -0.1) is 0 Å². The highest BCUT2D eigenvalue weighted by Crippen LogP contribution is 2.29. The molecule has 1 saturated carbocycles. The Hall–Kier alpha value is -3.09. The van der Waals surface area contributed by atoms with Gasteiger partial charge in [0.25, 0.3) is 0 Å². The van der Waals surface area contributed by atoms with Crippen molar-refractivity contribution >= 4 is 11.8 Å². The molecule has 4 rings (SSSR count). The number of nitrogens with one attached hydrogen (secondary N) is 2. The molecule has 146 valence electrons. The highest BCUT2D eigenvalue weighted by Gasteiger charge is 2.20. The van der Waals surface area contributed by atoms with Gasteiger partial charge in [0.15, 0.2) is 0 Å². The zero-order valence-corrected chi connectivity index (χ0v) is 15.9. The zero-order valence-electron chi connectivity index (χ0n) is 15.9. The summed E-state index contributed by atoms with van der Waals surface area (Å²) in [4.78, 5) is 16.9. The number of aromatic nitrogens is 4. The summed E-state index contributed by atoms with van der Waals surface area (Å²) in [5.74, 6) is 0.749. The topological polar surface area (TPSA) is 76.8 Å². The van der Waals surface area contributed by atoms with Gasteiger partial charge in [-0.05, 0) is 18.4 Å². The second-order valence-electron chi connectivity index (χ2n) is 7.27. The quantitative estimate of drug-likeness (QED) is 0.676. The van der Waals surface area contributed by atoms with E-state index in [1.54, 1.807) is 18.7 Å². The second-order valence-corrected chi connectivity index (χ2v) is 7.27. The lowest BCUT2D eigenvalue weighted by atomic mass is 9.96. The van der Waals surface area contributed by atoms with Crippen molar-refractivity contribution in [3.63, 3.8) is 0 Å². The van der Waals surface area contributed by atoms with Crippen molar-refractivity contribution in [1.82, 2.24) is 24.6 Å². The molecule has 2 heterocycles. The molecule has 0 radical (unpaired) electrons. The Balaban J connectivity index is 1.45. The fraction of sp³-hybridized carbons (Fsp3) is 0.381. The Labute approximate surface area is 164 Å². The van der Waals surface area contributed by atoms with Crippen LogP contribution in [-0.2, 0) is 6.54 Å². The Morgan fingerprint density at radius 3 is 2.68 bits per heavy atom. The highest BCUT2D eigenvalue weighted by atomic mass is 16.2. The minimum absolute atomic E-state index is 0.165. The Morgan fingerprint density at radius 2 is 1.93 bits per heavy atom. The van der Waals surface area contributed by atoms with Crippen LogP contribution >= 0.6 is 0 Å². The van der Waals surface area contributed by atoms with Gasteiger partial charge in [0.2, 0.25) is 0 Å². The van der Waals surface area contributed by atoms with E-state index in [1.807, 2.05) is 51.8 Å². The summed E-state index contributed by atoms with van der Waals surface area (Å²) in [6.07, 6.45) is 13.1. The fourth-order valence-electron chi connectivity index (χ4n) is 3.87. The van der Waals surface area contributed by atoms with Crippen molar-refractivity contribution in [2.45, 2.75) is 50.7 Å². The number of anilines is 1. The minimum atomic E-state index is -0.230. The highest BCUT2D eigenvalue weighted by molar-refractivity contribution is 5.88. The maximum absolute atomic E-state index is 12.8. The van der Waals surface area contributed by atoms with Crippen molar-refractivity contribution in [3.8, 4) is 0 Å². The fourth-order valence-corrected chi connectivity index (χ4v) is 3.87. The zero-order chi connectivity index (χ0) is 19.2. The van der Waals surface area contributed by atoms with Crippen LogP contribution in [0.5, 0.6) is 0 Å². The van der Waals surface area contributed by atoms with Crippen LogP contribution in [0.3, 0.4) is 0 Å². The van der Waals surface area contributed by atoms with Crippen molar-refractivity contribution in [1.29, 1.82) is 0 Å². The molecule has 0 saturated heterocycles. The summed E-state index contributed by atoms with van der Waals surface area (Å²) in [6.45, 7) is 0.610. The summed E-state index contributed by atoms with van der Waals surface area (Å²) < 4.78 is 3.93. The molecule has 0 unspecified atom stereocenters. The number of urea groups is 1. The number of hydrogen-bond donors (Lipinski definition) is 2. The third kappa shape index (κ3) is 4.42. The van der Waals surface area contributed by atoms with Gasteiger partial charge in [-0.25, -0.2) is 14.5 Å². The number of nitrogens with zero attached hydrogens (tertiary/aromatic N) is 4. The number of imidazole rings is 1. The average molecular weight is 378 g/mol. The standard InChI is InChI=1S/C21H26N6O/c28-21(25-20-11-12-23-27(20)18-9-5-2-6-10-18)24-19(15-26-14-13-22-16-26)17-7-3-1-4-8-17/h1,3-4,7-8,11-14,16,18-19H,2,5-6,9-10,15H2,(H2,24,25,28)/t19-/m1/s1. The smallest absolute Gasteiger partial charge is 0.320 e. The van der Waals surface area contributed by atoms with Gasteiger partial charge in [-0.3, -0.25) is 5.32 Å². The van der Waals surface area contributed by atoms with Gasteiger partial charge in [-0.1, -0.05) is 49.6 Å².